The lowest BCUT2D eigenvalue weighted by Gasteiger charge is -2.26. The van der Waals surface area contributed by atoms with Crippen molar-refractivity contribution in [2.45, 2.75) is 17.4 Å². The molecule has 1 aromatic carbocycles. The summed E-state index contributed by atoms with van der Waals surface area (Å²) in [6, 6.07) is 3.22. The number of hydrogen-bond donors (Lipinski definition) is 0. The number of sulfonamides is 1. The van der Waals surface area contributed by atoms with Crippen LogP contribution in [0.4, 0.5) is 0 Å². The number of amides is 1. The second kappa shape index (κ2) is 9.41. The first kappa shape index (κ1) is 23.9. The molecule has 10 nitrogen and oxygen atoms in total. The van der Waals surface area contributed by atoms with Crippen molar-refractivity contribution in [1.82, 2.24) is 9.21 Å². The van der Waals surface area contributed by atoms with E-state index in [2.05, 4.69) is 0 Å². The summed E-state index contributed by atoms with van der Waals surface area (Å²) in [5, 5.41) is -0.0198. The Morgan fingerprint density at radius 2 is 1.97 bits per heavy atom. The van der Waals surface area contributed by atoms with Gasteiger partial charge in [-0.1, -0.05) is 11.6 Å². The average molecular weight is 495 g/mol. The zero-order valence-electron chi connectivity index (χ0n) is 16.8. The molecule has 2 heterocycles. The number of likely N-dealkylation sites (N-methyl/N-ethyl adjacent to an activating group) is 1. The SMILES string of the molecule is CN(C(=O)COC(=O)c1cc(S(=O)(=O)N2CCOCC2)ccc1Cl)[C@H]1CCS(=O)(=O)C1. The van der Waals surface area contributed by atoms with Gasteiger partial charge in [0, 0.05) is 26.2 Å². The Morgan fingerprint density at radius 3 is 2.58 bits per heavy atom. The number of carbonyl (C=O) groups is 2. The molecule has 1 amide bonds. The number of rotatable bonds is 6. The fourth-order valence-electron chi connectivity index (χ4n) is 3.35. The monoisotopic (exact) mass is 494 g/mol. The third-order valence-corrected chi connectivity index (χ3v) is 9.22. The first-order chi connectivity index (χ1) is 14.5. The zero-order chi connectivity index (χ0) is 22.8. The highest BCUT2D eigenvalue weighted by molar-refractivity contribution is 7.91. The van der Waals surface area contributed by atoms with Crippen molar-refractivity contribution in [2.75, 3.05) is 51.5 Å². The van der Waals surface area contributed by atoms with Crippen molar-refractivity contribution >= 4 is 43.3 Å². The number of nitrogens with zero attached hydrogens (tertiary/aromatic N) is 2. The first-order valence-electron chi connectivity index (χ1n) is 9.52. The topological polar surface area (TPSA) is 127 Å². The minimum absolute atomic E-state index is 0.00902. The van der Waals surface area contributed by atoms with Crippen molar-refractivity contribution in [3.05, 3.63) is 28.8 Å². The molecule has 13 heteroatoms. The van der Waals surface area contributed by atoms with Crippen molar-refractivity contribution in [3.8, 4) is 0 Å². The van der Waals surface area contributed by atoms with Crippen LogP contribution in [0, 0.1) is 0 Å². The average Bonchev–Trinajstić information content (AvgIpc) is 3.11. The van der Waals surface area contributed by atoms with Gasteiger partial charge >= 0.3 is 5.97 Å². The van der Waals surface area contributed by atoms with Crippen LogP contribution < -0.4 is 0 Å². The highest BCUT2D eigenvalue weighted by atomic mass is 35.5. The Hall–Kier alpha value is -1.73. The smallest absolute Gasteiger partial charge is 0.340 e. The highest BCUT2D eigenvalue weighted by Gasteiger charge is 2.33. The summed E-state index contributed by atoms with van der Waals surface area (Å²) in [5.41, 5.74) is -0.185. The molecule has 31 heavy (non-hydrogen) atoms. The lowest BCUT2D eigenvalue weighted by Crippen LogP contribution is -2.40. The number of benzene rings is 1. The van der Waals surface area contributed by atoms with E-state index in [1.165, 1.54) is 28.4 Å². The van der Waals surface area contributed by atoms with Crippen molar-refractivity contribution < 1.29 is 35.9 Å². The maximum absolute atomic E-state index is 12.8. The predicted octanol–water partition coefficient (Wildman–Crippen LogP) is 0.163. The zero-order valence-corrected chi connectivity index (χ0v) is 19.2. The molecule has 3 rings (SSSR count). The van der Waals surface area contributed by atoms with Crippen LogP contribution in [0.15, 0.2) is 23.1 Å². The predicted molar refractivity (Wildman–Crippen MR) is 111 cm³/mol. The molecule has 0 saturated carbocycles. The fourth-order valence-corrected chi connectivity index (χ4v) is 6.75. The van der Waals surface area contributed by atoms with Gasteiger partial charge in [0.05, 0.1) is 40.2 Å². The number of carbonyl (C=O) groups excluding carboxylic acids is 2. The fraction of sp³-hybridized carbons (Fsp3) is 0.556. The van der Waals surface area contributed by atoms with Gasteiger partial charge in [-0.15, -0.1) is 0 Å². The van der Waals surface area contributed by atoms with Crippen LogP contribution in [-0.2, 0) is 34.1 Å². The van der Waals surface area contributed by atoms with Crippen LogP contribution in [0.25, 0.3) is 0 Å². The Bertz CT molecular complexity index is 1070. The molecule has 0 aromatic heterocycles. The van der Waals surface area contributed by atoms with Crippen LogP contribution in [0.2, 0.25) is 5.02 Å². The second-order valence-electron chi connectivity index (χ2n) is 7.30. The number of halogens is 1. The largest absolute Gasteiger partial charge is 0.452 e. The maximum atomic E-state index is 12.8. The Morgan fingerprint density at radius 1 is 1.29 bits per heavy atom. The van der Waals surface area contributed by atoms with Crippen LogP contribution in [0.5, 0.6) is 0 Å². The van der Waals surface area contributed by atoms with E-state index >= 15 is 0 Å². The van der Waals surface area contributed by atoms with Gasteiger partial charge in [-0.25, -0.2) is 21.6 Å². The Balaban J connectivity index is 1.67. The molecular weight excluding hydrogens is 472 g/mol. The maximum Gasteiger partial charge on any atom is 0.340 e. The van der Waals surface area contributed by atoms with E-state index in [1.807, 2.05) is 0 Å². The molecule has 0 radical (unpaired) electrons. The van der Waals surface area contributed by atoms with Gasteiger partial charge in [-0.3, -0.25) is 4.79 Å². The van der Waals surface area contributed by atoms with Gasteiger partial charge < -0.3 is 14.4 Å². The quantitative estimate of drug-likeness (QED) is 0.512. The summed E-state index contributed by atoms with van der Waals surface area (Å²) in [7, 11) is -5.57. The normalized spacial score (nSPS) is 21.5. The summed E-state index contributed by atoms with van der Waals surface area (Å²) in [4.78, 5) is 25.9. The number of sulfone groups is 1. The number of hydrogen-bond acceptors (Lipinski definition) is 8. The Kier molecular flexibility index (Phi) is 7.26. The molecule has 2 aliphatic rings. The first-order valence-corrected chi connectivity index (χ1v) is 13.2. The van der Waals surface area contributed by atoms with Gasteiger partial charge in [0.25, 0.3) is 5.91 Å². The number of morpholine rings is 1. The minimum atomic E-state index is -3.85. The standard InChI is InChI=1S/C18H23ClN2O8S2/c1-20(13-4-9-30(24,25)12-13)17(22)11-29-18(23)15-10-14(2-3-16(15)19)31(26,27)21-5-7-28-8-6-21/h2-3,10,13H,4-9,11-12H2,1H3/t13-/m0/s1. The Labute approximate surface area is 186 Å². The molecule has 0 unspecified atom stereocenters. The minimum Gasteiger partial charge on any atom is -0.452 e. The summed E-state index contributed by atoms with van der Waals surface area (Å²) in [5.74, 6) is -1.64. The van der Waals surface area contributed by atoms with E-state index in [0.29, 0.717) is 6.42 Å². The van der Waals surface area contributed by atoms with Crippen LogP contribution in [0.1, 0.15) is 16.8 Å². The molecule has 1 atom stereocenters. The van der Waals surface area contributed by atoms with Crippen LogP contribution in [-0.4, -0.2) is 95.4 Å². The van der Waals surface area contributed by atoms with Crippen LogP contribution >= 0.6 is 11.6 Å². The molecule has 2 aliphatic heterocycles. The molecule has 1 aromatic rings. The van der Waals surface area contributed by atoms with Crippen LogP contribution in [0.3, 0.4) is 0 Å². The molecular formula is C18H23ClN2O8S2. The summed E-state index contributed by atoms with van der Waals surface area (Å²) in [6.07, 6.45) is 0.325. The van der Waals surface area contributed by atoms with E-state index < -0.39 is 44.4 Å². The third-order valence-electron chi connectivity index (χ3n) is 5.24. The highest BCUT2D eigenvalue weighted by Crippen LogP contribution is 2.24. The summed E-state index contributed by atoms with van der Waals surface area (Å²) >= 11 is 6.05. The third kappa shape index (κ3) is 5.55. The number of ether oxygens (including phenoxy) is 2. The van der Waals surface area contributed by atoms with E-state index in [0.717, 1.165) is 6.07 Å². The number of esters is 1. The summed E-state index contributed by atoms with van der Waals surface area (Å²) in [6.45, 7) is 0.326. The van der Waals surface area contributed by atoms with E-state index in [-0.39, 0.29) is 53.3 Å². The van der Waals surface area contributed by atoms with Gasteiger partial charge in [-0.2, -0.15) is 4.31 Å². The van der Waals surface area contributed by atoms with E-state index in [9.17, 15) is 26.4 Å². The lowest BCUT2D eigenvalue weighted by molar-refractivity contribution is -0.134. The lowest BCUT2D eigenvalue weighted by atomic mass is 10.2. The van der Waals surface area contributed by atoms with Crippen molar-refractivity contribution in [2.24, 2.45) is 0 Å². The second-order valence-corrected chi connectivity index (χ2v) is 11.9. The van der Waals surface area contributed by atoms with E-state index in [1.54, 1.807) is 0 Å². The molecule has 2 saturated heterocycles. The molecule has 0 N–H and O–H groups in total. The van der Waals surface area contributed by atoms with Crippen molar-refractivity contribution in [1.29, 1.82) is 0 Å². The molecule has 172 valence electrons. The van der Waals surface area contributed by atoms with Crippen molar-refractivity contribution in [3.63, 3.8) is 0 Å². The van der Waals surface area contributed by atoms with Gasteiger partial charge in [-0.05, 0) is 24.6 Å². The molecule has 0 bridgehead atoms. The summed E-state index contributed by atoms with van der Waals surface area (Å²) < 4.78 is 60.2. The van der Waals surface area contributed by atoms with Gasteiger partial charge in [0.15, 0.2) is 16.4 Å². The molecule has 0 spiro atoms. The molecule has 0 aliphatic carbocycles. The van der Waals surface area contributed by atoms with Gasteiger partial charge in [0.2, 0.25) is 10.0 Å². The van der Waals surface area contributed by atoms with Gasteiger partial charge in [0.1, 0.15) is 0 Å². The van der Waals surface area contributed by atoms with E-state index in [4.69, 9.17) is 21.1 Å². The molecule has 2 fully saturated rings.